The van der Waals surface area contributed by atoms with Crippen LogP contribution in [-0.2, 0) is 6.42 Å². The standard InChI is InChI=1S/C18H24O2/c1-18-7-6-15-14-5-3-12(19)8-11(14)2-4-16(15)17(18)9-13(20)10-18/h3,5,8,13,15-17,19-20H,2,4,6-7,9-10H2,1H3/t13-,15+,16+,17+,18+/m0/s1. The van der Waals surface area contributed by atoms with Gasteiger partial charge in [-0.1, -0.05) is 13.0 Å². The van der Waals surface area contributed by atoms with Gasteiger partial charge in [0.15, 0.2) is 0 Å². The van der Waals surface area contributed by atoms with Gasteiger partial charge in [-0.05, 0) is 85.0 Å². The lowest BCUT2D eigenvalue weighted by molar-refractivity contribution is 0.0596. The summed E-state index contributed by atoms with van der Waals surface area (Å²) in [7, 11) is 0. The number of aliphatic hydroxyl groups is 1. The SMILES string of the molecule is C[C@]12CC[C@@H]3c4ccc(O)cc4CC[C@H]3[C@H]1C[C@H](O)C2. The van der Waals surface area contributed by atoms with Gasteiger partial charge in [-0.3, -0.25) is 0 Å². The van der Waals surface area contributed by atoms with E-state index in [-0.39, 0.29) is 6.10 Å². The molecule has 0 saturated heterocycles. The Labute approximate surface area is 120 Å². The van der Waals surface area contributed by atoms with Crippen LogP contribution in [0.2, 0.25) is 0 Å². The molecule has 2 saturated carbocycles. The molecule has 4 rings (SSSR count). The number of hydrogen-bond donors (Lipinski definition) is 2. The monoisotopic (exact) mass is 272 g/mol. The van der Waals surface area contributed by atoms with E-state index in [1.54, 1.807) is 0 Å². The van der Waals surface area contributed by atoms with Gasteiger partial charge in [0.25, 0.3) is 0 Å². The Balaban J connectivity index is 1.70. The maximum Gasteiger partial charge on any atom is 0.115 e. The number of fused-ring (bicyclic) bond motifs is 5. The first-order valence-corrected chi connectivity index (χ1v) is 8.07. The highest BCUT2D eigenvalue weighted by Crippen LogP contribution is 2.60. The summed E-state index contributed by atoms with van der Waals surface area (Å²) in [5, 5.41) is 19.8. The average Bonchev–Trinajstić information content (AvgIpc) is 2.72. The number of phenolic OH excluding ortho intramolecular Hbond substituents is 1. The number of aromatic hydroxyl groups is 1. The van der Waals surface area contributed by atoms with E-state index in [1.165, 1.54) is 30.4 Å². The average molecular weight is 272 g/mol. The minimum Gasteiger partial charge on any atom is -0.508 e. The third-order valence-corrected chi connectivity index (χ3v) is 6.46. The van der Waals surface area contributed by atoms with Crippen LogP contribution in [0, 0.1) is 17.3 Å². The zero-order chi connectivity index (χ0) is 13.9. The van der Waals surface area contributed by atoms with Crippen LogP contribution >= 0.6 is 0 Å². The molecular formula is C18H24O2. The first-order valence-electron chi connectivity index (χ1n) is 8.07. The molecule has 3 aliphatic rings. The van der Waals surface area contributed by atoms with Crippen LogP contribution in [0.3, 0.4) is 0 Å². The van der Waals surface area contributed by atoms with Crippen LogP contribution in [0.25, 0.3) is 0 Å². The number of aryl methyl sites for hydroxylation is 1. The van der Waals surface area contributed by atoms with E-state index >= 15 is 0 Å². The molecule has 0 aromatic heterocycles. The van der Waals surface area contributed by atoms with Gasteiger partial charge in [0.2, 0.25) is 0 Å². The summed E-state index contributed by atoms with van der Waals surface area (Å²) in [6, 6.07) is 5.96. The van der Waals surface area contributed by atoms with E-state index in [2.05, 4.69) is 13.0 Å². The molecule has 2 fully saturated rings. The third kappa shape index (κ3) is 1.74. The Kier molecular flexibility index (Phi) is 2.69. The molecule has 3 aliphatic carbocycles. The lowest BCUT2D eigenvalue weighted by Gasteiger charge is -2.49. The number of benzene rings is 1. The second-order valence-corrected chi connectivity index (χ2v) is 7.58. The van der Waals surface area contributed by atoms with E-state index in [1.807, 2.05) is 12.1 Å². The highest BCUT2D eigenvalue weighted by atomic mass is 16.3. The first kappa shape index (κ1) is 12.7. The second kappa shape index (κ2) is 4.24. The number of aliphatic hydroxyl groups excluding tert-OH is 1. The molecule has 0 unspecified atom stereocenters. The van der Waals surface area contributed by atoms with E-state index in [4.69, 9.17) is 0 Å². The number of rotatable bonds is 0. The minimum absolute atomic E-state index is 0.0787. The Bertz CT molecular complexity index is 538. The maximum absolute atomic E-state index is 10.1. The smallest absolute Gasteiger partial charge is 0.115 e. The molecule has 0 radical (unpaired) electrons. The molecule has 108 valence electrons. The summed E-state index contributed by atoms with van der Waals surface area (Å²) in [4.78, 5) is 0. The fraction of sp³-hybridized carbons (Fsp3) is 0.667. The lowest BCUT2D eigenvalue weighted by Crippen LogP contribution is -2.39. The van der Waals surface area contributed by atoms with E-state index in [0.717, 1.165) is 25.2 Å². The van der Waals surface area contributed by atoms with Crippen molar-refractivity contribution in [3.63, 3.8) is 0 Å². The van der Waals surface area contributed by atoms with Gasteiger partial charge in [0.1, 0.15) is 5.75 Å². The first-order chi connectivity index (χ1) is 9.57. The van der Waals surface area contributed by atoms with Crippen molar-refractivity contribution in [2.24, 2.45) is 17.3 Å². The van der Waals surface area contributed by atoms with Crippen molar-refractivity contribution >= 4 is 0 Å². The van der Waals surface area contributed by atoms with Crippen molar-refractivity contribution in [1.29, 1.82) is 0 Å². The Morgan fingerprint density at radius 1 is 1.25 bits per heavy atom. The van der Waals surface area contributed by atoms with Gasteiger partial charge < -0.3 is 10.2 Å². The van der Waals surface area contributed by atoms with Gasteiger partial charge in [-0.15, -0.1) is 0 Å². The molecule has 20 heavy (non-hydrogen) atoms. The van der Waals surface area contributed by atoms with E-state index in [0.29, 0.717) is 23.0 Å². The summed E-state index contributed by atoms with van der Waals surface area (Å²) in [5.41, 5.74) is 3.20. The van der Waals surface area contributed by atoms with Crippen molar-refractivity contribution in [3.8, 4) is 5.75 Å². The van der Waals surface area contributed by atoms with Crippen molar-refractivity contribution in [2.45, 2.75) is 57.5 Å². The van der Waals surface area contributed by atoms with Crippen LogP contribution < -0.4 is 0 Å². The van der Waals surface area contributed by atoms with Crippen LogP contribution in [0.1, 0.15) is 56.1 Å². The lowest BCUT2D eigenvalue weighted by atomic mass is 9.56. The molecule has 1 aromatic carbocycles. The van der Waals surface area contributed by atoms with Gasteiger partial charge in [0.05, 0.1) is 6.10 Å². The number of hydrogen-bond acceptors (Lipinski definition) is 2. The summed E-state index contributed by atoms with van der Waals surface area (Å²) in [6.45, 7) is 2.40. The quantitative estimate of drug-likeness (QED) is 0.757. The van der Waals surface area contributed by atoms with Crippen LogP contribution in [0.15, 0.2) is 18.2 Å². The molecule has 2 N–H and O–H groups in total. The van der Waals surface area contributed by atoms with Crippen molar-refractivity contribution in [1.82, 2.24) is 0 Å². The molecule has 2 heteroatoms. The maximum atomic E-state index is 10.1. The normalized spacial score (nSPS) is 42.7. The Morgan fingerprint density at radius 3 is 2.95 bits per heavy atom. The van der Waals surface area contributed by atoms with Crippen molar-refractivity contribution < 1.29 is 10.2 Å². The fourth-order valence-corrected chi connectivity index (χ4v) is 5.59. The minimum atomic E-state index is -0.0787. The molecule has 0 heterocycles. The van der Waals surface area contributed by atoms with Crippen molar-refractivity contribution in [2.75, 3.05) is 0 Å². The Morgan fingerprint density at radius 2 is 2.10 bits per heavy atom. The summed E-state index contributed by atoms with van der Waals surface area (Å²) in [5.74, 6) is 2.49. The topological polar surface area (TPSA) is 40.5 Å². The number of phenols is 1. The molecule has 0 spiro atoms. The Hall–Kier alpha value is -1.02. The zero-order valence-corrected chi connectivity index (χ0v) is 12.2. The molecule has 5 atom stereocenters. The molecule has 1 aromatic rings. The van der Waals surface area contributed by atoms with Crippen LogP contribution in [0.5, 0.6) is 5.75 Å². The zero-order valence-electron chi connectivity index (χ0n) is 12.2. The van der Waals surface area contributed by atoms with Gasteiger partial charge in [-0.2, -0.15) is 0 Å². The van der Waals surface area contributed by atoms with Crippen LogP contribution in [0.4, 0.5) is 0 Å². The molecule has 0 amide bonds. The van der Waals surface area contributed by atoms with Crippen molar-refractivity contribution in [3.05, 3.63) is 29.3 Å². The van der Waals surface area contributed by atoms with E-state index < -0.39 is 0 Å². The van der Waals surface area contributed by atoms with Gasteiger partial charge in [0, 0.05) is 0 Å². The largest absolute Gasteiger partial charge is 0.508 e. The molecule has 2 nitrogen and oxygen atoms in total. The van der Waals surface area contributed by atoms with Gasteiger partial charge in [-0.25, -0.2) is 0 Å². The predicted octanol–water partition coefficient (Wildman–Crippen LogP) is 3.61. The van der Waals surface area contributed by atoms with E-state index in [9.17, 15) is 10.2 Å². The molecule has 0 bridgehead atoms. The highest BCUT2D eigenvalue weighted by molar-refractivity contribution is 5.40. The summed E-state index contributed by atoms with van der Waals surface area (Å²) in [6.07, 6.45) is 6.75. The van der Waals surface area contributed by atoms with Gasteiger partial charge >= 0.3 is 0 Å². The highest BCUT2D eigenvalue weighted by Gasteiger charge is 2.52. The third-order valence-electron chi connectivity index (χ3n) is 6.46. The van der Waals surface area contributed by atoms with Crippen LogP contribution in [-0.4, -0.2) is 16.3 Å². The second-order valence-electron chi connectivity index (χ2n) is 7.58. The molecular weight excluding hydrogens is 248 g/mol. The molecule has 0 aliphatic heterocycles. The predicted molar refractivity (Wildman–Crippen MR) is 78.7 cm³/mol. The summed E-state index contributed by atoms with van der Waals surface area (Å²) >= 11 is 0. The fourth-order valence-electron chi connectivity index (χ4n) is 5.59. The summed E-state index contributed by atoms with van der Waals surface area (Å²) < 4.78 is 0.